The van der Waals surface area contributed by atoms with Crippen molar-refractivity contribution < 1.29 is 19.6 Å². The van der Waals surface area contributed by atoms with E-state index in [0.29, 0.717) is 11.7 Å². The number of phenols is 1. The molecule has 2 aromatic rings. The summed E-state index contributed by atoms with van der Waals surface area (Å²) < 4.78 is 5.58. The Kier molecular flexibility index (Phi) is 5.94. The minimum atomic E-state index is -0.603. The molecule has 0 aliphatic rings. The number of carbonyl (C=O) groups is 1. The Balaban J connectivity index is 2.05. The topological polar surface area (TPSA) is 102 Å². The molecule has 0 aliphatic carbocycles. The van der Waals surface area contributed by atoms with E-state index in [-0.39, 0.29) is 23.7 Å². The standard InChI is InChI=1S/C18H20N2O5/c1-3-12(2)14-6-4-5-7-17(14)25-11-18(22)19-15-10-13(20(23)24)8-9-16(15)21/h4-10,12,21H,3,11H2,1-2H3,(H,19,22)/t12-/m0/s1. The molecular weight excluding hydrogens is 324 g/mol. The van der Waals surface area contributed by atoms with Gasteiger partial charge in [-0.3, -0.25) is 14.9 Å². The summed E-state index contributed by atoms with van der Waals surface area (Å²) in [5.41, 5.74) is 0.755. The lowest BCUT2D eigenvalue weighted by Gasteiger charge is -2.15. The molecule has 2 rings (SSSR count). The van der Waals surface area contributed by atoms with Crippen LogP contribution in [-0.4, -0.2) is 22.5 Å². The summed E-state index contributed by atoms with van der Waals surface area (Å²) in [7, 11) is 0. The van der Waals surface area contributed by atoms with Gasteiger partial charge in [-0.05, 0) is 30.0 Å². The third-order valence-electron chi connectivity index (χ3n) is 3.89. The van der Waals surface area contributed by atoms with Crippen molar-refractivity contribution in [3.05, 3.63) is 58.1 Å². The van der Waals surface area contributed by atoms with Crippen LogP contribution in [0.5, 0.6) is 11.5 Å². The predicted octanol–water partition coefficient (Wildman–Crippen LogP) is 3.83. The molecule has 7 heteroatoms. The number of amides is 1. The van der Waals surface area contributed by atoms with Crippen LogP contribution in [0.4, 0.5) is 11.4 Å². The van der Waals surface area contributed by atoms with Crippen molar-refractivity contribution in [3.63, 3.8) is 0 Å². The van der Waals surface area contributed by atoms with Crippen molar-refractivity contribution >= 4 is 17.3 Å². The van der Waals surface area contributed by atoms with Gasteiger partial charge in [0.25, 0.3) is 11.6 Å². The molecule has 0 aliphatic heterocycles. The number of para-hydroxylation sites is 1. The van der Waals surface area contributed by atoms with Crippen LogP contribution in [0, 0.1) is 10.1 Å². The summed E-state index contributed by atoms with van der Waals surface area (Å²) in [4.78, 5) is 22.2. The SMILES string of the molecule is CC[C@H](C)c1ccccc1OCC(=O)Nc1cc([N+](=O)[O-])ccc1O. The van der Waals surface area contributed by atoms with Crippen molar-refractivity contribution in [3.8, 4) is 11.5 Å². The molecule has 0 unspecified atom stereocenters. The van der Waals surface area contributed by atoms with E-state index >= 15 is 0 Å². The molecule has 0 spiro atoms. The van der Waals surface area contributed by atoms with Crippen molar-refractivity contribution in [1.29, 1.82) is 0 Å². The Morgan fingerprint density at radius 3 is 2.72 bits per heavy atom. The van der Waals surface area contributed by atoms with Crippen molar-refractivity contribution in [1.82, 2.24) is 0 Å². The van der Waals surface area contributed by atoms with Crippen LogP contribution in [0.15, 0.2) is 42.5 Å². The van der Waals surface area contributed by atoms with Crippen molar-refractivity contribution in [2.24, 2.45) is 0 Å². The van der Waals surface area contributed by atoms with Gasteiger partial charge >= 0.3 is 0 Å². The molecule has 0 fully saturated rings. The molecule has 25 heavy (non-hydrogen) atoms. The molecule has 132 valence electrons. The van der Waals surface area contributed by atoms with Crippen LogP contribution < -0.4 is 10.1 Å². The van der Waals surface area contributed by atoms with E-state index in [1.807, 2.05) is 18.2 Å². The first kappa shape index (κ1) is 18.3. The first-order valence-corrected chi connectivity index (χ1v) is 7.91. The van der Waals surface area contributed by atoms with E-state index in [9.17, 15) is 20.0 Å². The van der Waals surface area contributed by atoms with Gasteiger partial charge in [0.05, 0.1) is 10.6 Å². The molecule has 1 amide bonds. The fourth-order valence-electron chi connectivity index (χ4n) is 2.31. The zero-order valence-corrected chi connectivity index (χ0v) is 14.1. The number of carbonyl (C=O) groups excluding carboxylic acids is 1. The monoisotopic (exact) mass is 344 g/mol. The fraction of sp³-hybridized carbons (Fsp3) is 0.278. The normalized spacial score (nSPS) is 11.6. The highest BCUT2D eigenvalue weighted by atomic mass is 16.6. The van der Waals surface area contributed by atoms with Gasteiger partial charge in [-0.25, -0.2) is 0 Å². The third-order valence-corrected chi connectivity index (χ3v) is 3.89. The summed E-state index contributed by atoms with van der Waals surface area (Å²) in [5.74, 6) is 0.143. The Hall–Kier alpha value is -3.09. The fourth-order valence-corrected chi connectivity index (χ4v) is 2.31. The van der Waals surface area contributed by atoms with E-state index in [2.05, 4.69) is 19.2 Å². The van der Waals surface area contributed by atoms with E-state index in [4.69, 9.17) is 4.74 Å². The van der Waals surface area contributed by atoms with Crippen LogP contribution in [0.1, 0.15) is 31.7 Å². The predicted molar refractivity (Wildman–Crippen MR) is 94.0 cm³/mol. The molecule has 2 aromatic carbocycles. The van der Waals surface area contributed by atoms with Crippen LogP contribution >= 0.6 is 0 Å². The molecule has 7 nitrogen and oxygen atoms in total. The van der Waals surface area contributed by atoms with Gasteiger partial charge in [0.1, 0.15) is 11.5 Å². The highest BCUT2D eigenvalue weighted by Crippen LogP contribution is 2.29. The summed E-state index contributed by atoms with van der Waals surface area (Å²) in [6, 6.07) is 10.9. The van der Waals surface area contributed by atoms with E-state index in [1.165, 1.54) is 0 Å². The molecule has 0 saturated heterocycles. The van der Waals surface area contributed by atoms with Gasteiger partial charge in [0.2, 0.25) is 0 Å². The highest BCUT2D eigenvalue weighted by molar-refractivity contribution is 5.93. The van der Waals surface area contributed by atoms with E-state index < -0.39 is 10.8 Å². The second-order valence-electron chi connectivity index (χ2n) is 5.64. The Morgan fingerprint density at radius 2 is 2.04 bits per heavy atom. The van der Waals surface area contributed by atoms with Gasteiger partial charge in [0.15, 0.2) is 6.61 Å². The zero-order valence-electron chi connectivity index (χ0n) is 14.1. The molecule has 2 N–H and O–H groups in total. The largest absolute Gasteiger partial charge is 0.506 e. The number of anilines is 1. The van der Waals surface area contributed by atoms with E-state index in [0.717, 1.165) is 30.2 Å². The molecule has 0 bridgehead atoms. The smallest absolute Gasteiger partial charge is 0.271 e. The number of benzene rings is 2. The van der Waals surface area contributed by atoms with Crippen molar-refractivity contribution in [2.45, 2.75) is 26.2 Å². The lowest BCUT2D eigenvalue weighted by Crippen LogP contribution is -2.20. The summed E-state index contributed by atoms with van der Waals surface area (Å²) in [5, 5.41) is 22.9. The minimum Gasteiger partial charge on any atom is -0.506 e. The van der Waals surface area contributed by atoms with Crippen molar-refractivity contribution in [2.75, 3.05) is 11.9 Å². The number of nitrogens with zero attached hydrogens (tertiary/aromatic N) is 1. The van der Waals surface area contributed by atoms with Crippen LogP contribution in [0.25, 0.3) is 0 Å². The Labute approximate surface area is 145 Å². The maximum Gasteiger partial charge on any atom is 0.271 e. The number of phenolic OH excluding ortho intramolecular Hbond substituents is 1. The lowest BCUT2D eigenvalue weighted by atomic mass is 9.98. The number of hydrogen-bond acceptors (Lipinski definition) is 5. The molecule has 1 atom stereocenters. The van der Waals surface area contributed by atoms with Crippen LogP contribution in [-0.2, 0) is 4.79 Å². The minimum absolute atomic E-state index is 0.0296. The Morgan fingerprint density at radius 1 is 1.32 bits per heavy atom. The average Bonchev–Trinajstić information content (AvgIpc) is 2.61. The quantitative estimate of drug-likeness (QED) is 0.451. The van der Waals surface area contributed by atoms with Crippen LogP contribution in [0.3, 0.4) is 0 Å². The number of rotatable bonds is 7. The highest BCUT2D eigenvalue weighted by Gasteiger charge is 2.14. The first-order valence-electron chi connectivity index (χ1n) is 7.91. The maximum absolute atomic E-state index is 12.1. The number of non-ortho nitro benzene ring substituents is 1. The molecule has 0 heterocycles. The Bertz CT molecular complexity index is 776. The number of ether oxygens (including phenoxy) is 1. The number of nitro groups is 1. The third kappa shape index (κ3) is 4.69. The second kappa shape index (κ2) is 8.14. The van der Waals surface area contributed by atoms with Gasteiger partial charge in [-0.15, -0.1) is 0 Å². The molecule has 0 saturated carbocycles. The van der Waals surface area contributed by atoms with Gasteiger partial charge < -0.3 is 15.2 Å². The second-order valence-corrected chi connectivity index (χ2v) is 5.64. The summed E-state index contributed by atoms with van der Waals surface area (Å²) >= 11 is 0. The maximum atomic E-state index is 12.1. The number of nitrogens with one attached hydrogen (secondary N) is 1. The zero-order chi connectivity index (χ0) is 18.4. The van der Waals surface area contributed by atoms with E-state index in [1.54, 1.807) is 6.07 Å². The number of aromatic hydroxyl groups is 1. The van der Waals surface area contributed by atoms with Gasteiger partial charge in [-0.2, -0.15) is 0 Å². The molecular formula is C18H20N2O5. The van der Waals surface area contributed by atoms with Gasteiger partial charge in [0, 0.05) is 12.1 Å². The summed E-state index contributed by atoms with van der Waals surface area (Å²) in [6.45, 7) is 3.87. The van der Waals surface area contributed by atoms with Crippen LogP contribution in [0.2, 0.25) is 0 Å². The first-order chi connectivity index (χ1) is 11.9. The number of hydrogen-bond donors (Lipinski definition) is 2. The van der Waals surface area contributed by atoms with Gasteiger partial charge in [-0.1, -0.05) is 32.0 Å². The average molecular weight is 344 g/mol. The molecule has 0 aromatic heterocycles. The molecule has 0 radical (unpaired) electrons. The summed E-state index contributed by atoms with van der Waals surface area (Å²) in [6.07, 6.45) is 0.939. The number of nitro benzene ring substituents is 1. The lowest BCUT2D eigenvalue weighted by molar-refractivity contribution is -0.384.